The van der Waals surface area contributed by atoms with Gasteiger partial charge in [-0.05, 0) is 67.6 Å². The van der Waals surface area contributed by atoms with Crippen molar-refractivity contribution in [2.75, 3.05) is 13.1 Å². The number of amides is 2. The molecule has 4 heteroatoms. The Morgan fingerprint density at radius 2 is 1.79 bits per heavy atom. The van der Waals surface area contributed by atoms with Crippen LogP contribution in [0.2, 0.25) is 0 Å². The van der Waals surface area contributed by atoms with Crippen molar-refractivity contribution in [3.63, 3.8) is 0 Å². The quantitative estimate of drug-likeness (QED) is 0.703. The summed E-state index contributed by atoms with van der Waals surface area (Å²) in [5, 5.41) is 0. The molecule has 29 heavy (non-hydrogen) atoms. The van der Waals surface area contributed by atoms with Crippen LogP contribution in [-0.2, 0) is 6.54 Å². The van der Waals surface area contributed by atoms with Crippen molar-refractivity contribution in [3.8, 4) is 0 Å². The van der Waals surface area contributed by atoms with Crippen LogP contribution in [0.1, 0.15) is 62.0 Å². The van der Waals surface area contributed by atoms with Crippen LogP contribution >= 0.6 is 0 Å². The first-order valence-electron chi connectivity index (χ1n) is 11.2. The first kappa shape index (κ1) is 18.7. The molecule has 2 amide bonds. The van der Waals surface area contributed by atoms with Crippen LogP contribution in [0.4, 0.5) is 4.79 Å². The fourth-order valence-corrected chi connectivity index (χ4v) is 5.56. The summed E-state index contributed by atoms with van der Waals surface area (Å²) in [5.74, 6) is 1.34. The molecule has 1 aliphatic heterocycles. The Balaban J connectivity index is 1.34. The van der Waals surface area contributed by atoms with Crippen LogP contribution in [0.15, 0.2) is 54.9 Å². The minimum atomic E-state index is 0.0279. The Labute approximate surface area is 173 Å². The number of hydrogen-bond donors (Lipinski definition) is 0. The van der Waals surface area contributed by atoms with Gasteiger partial charge in [0.15, 0.2) is 0 Å². The fraction of sp³-hybridized carbons (Fsp3) is 0.520. The van der Waals surface area contributed by atoms with Crippen LogP contribution < -0.4 is 0 Å². The Hall–Kier alpha value is -2.36. The topological polar surface area (TPSA) is 36.4 Å². The second-order valence-electron chi connectivity index (χ2n) is 9.32. The predicted octanol–water partition coefficient (Wildman–Crippen LogP) is 5.22. The molecule has 3 aliphatic rings. The van der Waals surface area contributed by atoms with Crippen molar-refractivity contribution in [1.82, 2.24) is 14.8 Å². The minimum Gasteiger partial charge on any atom is -0.318 e. The molecule has 3 fully saturated rings. The van der Waals surface area contributed by atoms with Gasteiger partial charge in [0, 0.05) is 32.0 Å². The molecule has 0 radical (unpaired) electrons. The highest BCUT2D eigenvalue weighted by Gasteiger charge is 2.51. The molecule has 1 aromatic heterocycles. The molecular weight excluding hydrogens is 358 g/mol. The maximum Gasteiger partial charge on any atom is 0.320 e. The normalized spacial score (nSPS) is 27.4. The number of nitrogens with zero attached hydrogens (tertiary/aromatic N) is 3. The zero-order valence-corrected chi connectivity index (χ0v) is 17.2. The van der Waals surface area contributed by atoms with Crippen LogP contribution in [0.25, 0.3) is 0 Å². The highest BCUT2D eigenvalue weighted by atomic mass is 16.2. The summed E-state index contributed by atoms with van der Waals surface area (Å²) < 4.78 is 0. The zero-order valence-electron chi connectivity index (χ0n) is 17.2. The standard InChI is InChI=1S/C25H31N3O/c29-24-27(17-21-8-5-15-26-16-21)19-25(28(24)18-20-6-4-7-20)13-11-23(12-14-25)22-9-2-1-3-10-22/h1-3,5,8-10,15-16,20,23H,4,6-7,11-14,17-19H2. The van der Waals surface area contributed by atoms with Gasteiger partial charge < -0.3 is 9.80 Å². The molecular formula is C25H31N3O. The van der Waals surface area contributed by atoms with E-state index >= 15 is 0 Å². The van der Waals surface area contributed by atoms with Crippen molar-refractivity contribution < 1.29 is 4.79 Å². The molecule has 152 valence electrons. The number of benzene rings is 1. The van der Waals surface area contributed by atoms with E-state index in [0.717, 1.165) is 31.5 Å². The van der Waals surface area contributed by atoms with Crippen molar-refractivity contribution in [1.29, 1.82) is 0 Å². The third-order valence-corrected chi connectivity index (χ3v) is 7.51. The largest absolute Gasteiger partial charge is 0.320 e. The molecule has 2 aromatic rings. The molecule has 2 saturated carbocycles. The minimum absolute atomic E-state index is 0.0279. The third-order valence-electron chi connectivity index (χ3n) is 7.51. The van der Waals surface area contributed by atoms with Gasteiger partial charge in [0.25, 0.3) is 0 Å². The number of urea groups is 1. The van der Waals surface area contributed by atoms with Crippen LogP contribution in [-0.4, -0.2) is 39.4 Å². The molecule has 1 saturated heterocycles. The van der Waals surface area contributed by atoms with Gasteiger partial charge in [0.05, 0.1) is 5.54 Å². The second kappa shape index (κ2) is 7.81. The molecule has 0 unspecified atom stereocenters. The third kappa shape index (κ3) is 3.65. The van der Waals surface area contributed by atoms with E-state index in [9.17, 15) is 4.79 Å². The number of aromatic nitrogens is 1. The summed E-state index contributed by atoms with van der Waals surface area (Å²) >= 11 is 0. The average Bonchev–Trinajstić information content (AvgIpc) is 2.97. The van der Waals surface area contributed by atoms with E-state index in [-0.39, 0.29) is 11.6 Å². The van der Waals surface area contributed by atoms with Gasteiger partial charge >= 0.3 is 6.03 Å². The summed E-state index contributed by atoms with van der Waals surface area (Å²) in [4.78, 5) is 22.0. The molecule has 0 N–H and O–H groups in total. The summed E-state index contributed by atoms with van der Waals surface area (Å²) in [5.41, 5.74) is 2.61. The molecule has 2 aliphatic carbocycles. The molecule has 5 rings (SSSR count). The van der Waals surface area contributed by atoms with Gasteiger partial charge in [-0.1, -0.05) is 42.8 Å². The summed E-state index contributed by atoms with van der Waals surface area (Å²) in [6, 6.07) is 15.2. The summed E-state index contributed by atoms with van der Waals surface area (Å²) in [7, 11) is 0. The van der Waals surface area contributed by atoms with Gasteiger partial charge in [-0.15, -0.1) is 0 Å². The molecule has 0 bridgehead atoms. The molecule has 2 heterocycles. The van der Waals surface area contributed by atoms with Crippen LogP contribution in [0.3, 0.4) is 0 Å². The highest BCUT2D eigenvalue weighted by Crippen LogP contribution is 2.46. The van der Waals surface area contributed by atoms with E-state index in [0.29, 0.717) is 18.4 Å². The van der Waals surface area contributed by atoms with E-state index in [4.69, 9.17) is 0 Å². The number of rotatable bonds is 5. The van der Waals surface area contributed by atoms with E-state index in [1.807, 2.05) is 12.3 Å². The molecule has 1 spiro atoms. The number of carbonyl (C=O) groups is 1. The number of pyridine rings is 1. The SMILES string of the molecule is O=C1N(Cc2cccnc2)CC2(CCC(c3ccccc3)CC2)N1CC1CCC1. The van der Waals surface area contributed by atoms with Gasteiger partial charge in [-0.2, -0.15) is 0 Å². The van der Waals surface area contributed by atoms with Crippen molar-refractivity contribution in [2.45, 2.75) is 62.9 Å². The number of carbonyl (C=O) groups excluding carboxylic acids is 1. The van der Waals surface area contributed by atoms with E-state index in [1.54, 1.807) is 6.20 Å². The highest BCUT2D eigenvalue weighted by molar-refractivity contribution is 5.78. The molecule has 1 aromatic carbocycles. The molecule has 0 atom stereocenters. The Morgan fingerprint density at radius 1 is 1.00 bits per heavy atom. The maximum atomic E-state index is 13.4. The zero-order chi connectivity index (χ0) is 19.7. The number of hydrogen-bond acceptors (Lipinski definition) is 2. The van der Waals surface area contributed by atoms with Crippen molar-refractivity contribution in [2.24, 2.45) is 5.92 Å². The lowest BCUT2D eigenvalue weighted by molar-refractivity contribution is 0.0838. The van der Waals surface area contributed by atoms with Crippen LogP contribution in [0.5, 0.6) is 0 Å². The Bertz CT molecular complexity index is 826. The molecule has 4 nitrogen and oxygen atoms in total. The Kier molecular flexibility index (Phi) is 5.03. The van der Waals surface area contributed by atoms with Crippen molar-refractivity contribution in [3.05, 3.63) is 66.0 Å². The lowest BCUT2D eigenvalue weighted by Gasteiger charge is -2.44. The van der Waals surface area contributed by atoms with E-state index in [1.165, 1.54) is 37.7 Å². The fourth-order valence-electron chi connectivity index (χ4n) is 5.56. The van der Waals surface area contributed by atoms with Crippen molar-refractivity contribution >= 4 is 6.03 Å². The average molecular weight is 390 g/mol. The van der Waals surface area contributed by atoms with Gasteiger partial charge in [-0.25, -0.2) is 4.79 Å². The van der Waals surface area contributed by atoms with E-state index < -0.39 is 0 Å². The van der Waals surface area contributed by atoms with E-state index in [2.05, 4.69) is 51.2 Å². The maximum absolute atomic E-state index is 13.4. The predicted molar refractivity (Wildman–Crippen MR) is 114 cm³/mol. The van der Waals surface area contributed by atoms with Crippen LogP contribution in [0, 0.1) is 5.92 Å². The summed E-state index contributed by atoms with van der Waals surface area (Å²) in [6.07, 6.45) is 12.2. The van der Waals surface area contributed by atoms with Gasteiger partial charge in [0.2, 0.25) is 0 Å². The first-order valence-corrected chi connectivity index (χ1v) is 11.2. The summed E-state index contributed by atoms with van der Waals surface area (Å²) in [6.45, 7) is 2.50. The van der Waals surface area contributed by atoms with Gasteiger partial charge in [0.1, 0.15) is 0 Å². The first-order chi connectivity index (χ1) is 14.2. The second-order valence-corrected chi connectivity index (χ2v) is 9.32. The lowest BCUT2D eigenvalue weighted by atomic mass is 9.73. The monoisotopic (exact) mass is 389 g/mol. The Morgan fingerprint density at radius 3 is 2.45 bits per heavy atom. The van der Waals surface area contributed by atoms with Gasteiger partial charge in [-0.3, -0.25) is 4.98 Å². The lowest BCUT2D eigenvalue weighted by Crippen LogP contribution is -2.51. The smallest absolute Gasteiger partial charge is 0.318 e.